The Labute approximate surface area is 65.3 Å². The first kappa shape index (κ1) is 6.77. The van der Waals surface area contributed by atoms with E-state index in [1.807, 2.05) is 6.08 Å². The van der Waals surface area contributed by atoms with Crippen LogP contribution in [0.2, 0.25) is 0 Å². The lowest BCUT2D eigenvalue weighted by Crippen LogP contribution is -2.12. The molecule has 0 amide bonds. The van der Waals surface area contributed by atoms with Gasteiger partial charge in [0.1, 0.15) is 12.6 Å². The summed E-state index contributed by atoms with van der Waals surface area (Å²) in [6, 6.07) is 0. The number of fused-ring (bicyclic) bond motifs is 2. The molecular weight excluding hydrogens is 140 g/mol. The van der Waals surface area contributed by atoms with Gasteiger partial charge in [0.15, 0.2) is 0 Å². The van der Waals surface area contributed by atoms with Gasteiger partial charge in [-0.3, -0.25) is 0 Å². The number of hydrogen-bond acceptors (Lipinski definition) is 2. The summed E-state index contributed by atoms with van der Waals surface area (Å²) < 4.78 is 0. The van der Waals surface area contributed by atoms with Crippen molar-refractivity contribution in [1.29, 1.82) is 0 Å². The molecule has 0 aromatic carbocycles. The van der Waals surface area contributed by atoms with E-state index in [0.717, 1.165) is 19.0 Å². The molecule has 0 spiro atoms. The van der Waals surface area contributed by atoms with Gasteiger partial charge in [0.25, 0.3) is 0 Å². The Morgan fingerprint density at radius 1 is 1.18 bits per heavy atom. The van der Waals surface area contributed by atoms with Crippen LogP contribution in [0.3, 0.4) is 0 Å². The highest BCUT2D eigenvalue weighted by Crippen LogP contribution is 2.46. The minimum atomic E-state index is 0.102. The second-order valence-electron chi connectivity index (χ2n) is 3.38. The number of aldehydes is 2. The van der Waals surface area contributed by atoms with Gasteiger partial charge in [0, 0.05) is 11.8 Å². The molecular formula is C9H10O2. The molecule has 0 radical (unpaired) electrons. The average Bonchev–Trinajstić information content (AvgIpc) is 2.59. The van der Waals surface area contributed by atoms with E-state index in [-0.39, 0.29) is 17.8 Å². The normalized spacial score (nSPS) is 46.2. The molecule has 0 saturated heterocycles. The Kier molecular flexibility index (Phi) is 1.41. The molecule has 0 unspecified atom stereocenters. The lowest BCUT2D eigenvalue weighted by atomic mass is 9.93. The zero-order valence-corrected chi connectivity index (χ0v) is 6.14. The molecule has 2 heteroatoms. The second-order valence-corrected chi connectivity index (χ2v) is 3.38. The van der Waals surface area contributed by atoms with Crippen molar-refractivity contribution in [3.05, 3.63) is 12.2 Å². The van der Waals surface area contributed by atoms with Crippen molar-refractivity contribution in [2.45, 2.75) is 6.42 Å². The van der Waals surface area contributed by atoms with Crippen LogP contribution in [0.5, 0.6) is 0 Å². The minimum absolute atomic E-state index is 0.102. The van der Waals surface area contributed by atoms with Gasteiger partial charge >= 0.3 is 0 Å². The highest BCUT2D eigenvalue weighted by molar-refractivity contribution is 5.64. The van der Waals surface area contributed by atoms with Gasteiger partial charge in [-0.2, -0.15) is 0 Å². The van der Waals surface area contributed by atoms with E-state index in [4.69, 9.17) is 0 Å². The summed E-state index contributed by atoms with van der Waals surface area (Å²) in [5.74, 6) is 0.785. The number of carbonyl (C=O) groups is 2. The first-order valence-corrected chi connectivity index (χ1v) is 3.95. The number of carbonyl (C=O) groups excluding carboxylic acids is 2. The molecule has 58 valence electrons. The van der Waals surface area contributed by atoms with Crippen molar-refractivity contribution in [2.75, 3.05) is 0 Å². The third-order valence-electron chi connectivity index (χ3n) is 2.89. The van der Waals surface area contributed by atoms with Gasteiger partial charge in [-0.25, -0.2) is 0 Å². The second kappa shape index (κ2) is 2.29. The van der Waals surface area contributed by atoms with E-state index in [1.54, 1.807) is 0 Å². The third-order valence-corrected chi connectivity index (χ3v) is 2.89. The zero-order chi connectivity index (χ0) is 7.84. The molecule has 0 N–H and O–H groups in total. The van der Waals surface area contributed by atoms with Crippen molar-refractivity contribution >= 4 is 12.6 Å². The highest BCUT2D eigenvalue weighted by Gasteiger charge is 2.44. The molecule has 4 atom stereocenters. The van der Waals surface area contributed by atoms with Crippen LogP contribution < -0.4 is 0 Å². The molecule has 1 saturated carbocycles. The number of rotatable bonds is 2. The molecule has 1 fully saturated rings. The highest BCUT2D eigenvalue weighted by atomic mass is 16.1. The summed E-state index contributed by atoms with van der Waals surface area (Å²) in [5, 5.41) is 0. The standard InChI is InChI=1S/C9H10O2/c10-4-7-3-6-1-2-8(7)9(6)5-11/h1-2,4-9H,3H2/t6-,7-,8+,9-/m0/s1. The number of allylic oxidation sites excluding steroid dienone is 2. The molecule has 0 aliphatic heterocycles. The topological polar surface area (TPSA) is 34.1 Å². The fourth-order valence-corrected chi connectivity index (χ4v) is 2.29. The van der Waals surface area contributed by atoms with E-state index in [2.05, 4.69) is 6.08 Å². The molecule has 11 heavy (non-hydrogen) atoms. The minimum Gasteiger partial charge on any atom is -0.303 e. The van der Waals surface area contributed by atoms with Gasteiger partial charge in [-0.05, 0) is 18.3 Å². The monoisotopic (exact) mass is 150 g/mol. The lowest BCUT2D eigenvalue weighted by Gasteiger charge is -2.09. The molecule has 0 heterocycles. The van der Waals surface area contributed by atoms with E-state index in [9.17, 15) is 9.59 Å². The van der Waals surface area contributed by atoms with Crippen molar-refractivity contribution in [2.24, 2.45) is 23.7 Å². The summed E-state index contributed by atoms with van der Waals surface area (Å²) in [6.45, 7) is 0. The molecule has 2 bridgehead atoms. The molecule has 0 aromatic heterocycles. The van der Waals surface area contributed by atoms with Gasteiger partial charge in [-0.1, -0.05) is 12.2 Å². The summed E-state index contributed by atoms with van der Waals surface area (Å²) in [4.78, 5) is 21.1. The van der Waals surface area contributed by atoms with Crippen LogP contribution in [0, 0.1) is 23.7 Å². The lowest BCUT2D eigenvalue weighted by molar-refractivity contribution is -0.113. The summed E-state index contributed by atoms with van der Waals surface area (Å²) >= 11 is 0. The Hall–Kier alpha value is -0.920. The summed E-state index contributed by atoms with van der Waals surface area (Å²) in [6.07, 6.45) is 6.97. The maximum absolute atomic E-state index is 10.6. The molecule has 2 aliphatic rings. The third kappa shape index (κ3) is 0.785. The van der Waals surface area contributed by atoms with Crippen molar-refractivity contribution in [3.8, 4) is 0 Å². The Morgan fingerprint density at radius 2 is 2.00 bits per heavy atom. The SMILES string of the molecule is O=C[C@@H]1[C@@H]2C=C[C@H]1C[C@H]2C=O. The maximum atomic E-state index is 10.6. The van der Waals surface area contributed by atoms with Gasteiger partial charge < -0.3 is 9.59 Å². The smallest absolute Gasteiger partial charge is 0.124 e. The van der Waals surface area contributed by atoms with Gasteiger partial charge in [-0.15, -0.1) is 0 Å². The van der Waals surface area contributed by atoms with Crippen LogP contribution in [0.15, 0.2) is 12.2 Å². The molecule has 2 aliphatic carbocycles. The van der Waals surface area contributed by atoms with Crippen LogP contribution in [0.1, 0.15) is 6.42 Å². The number of hydrogen-bond donors (Lipinski definition) is 0. The van der Waals surface area contributed by atoms with Crippen molar-refractivity contribution in [1.82, 2.24) is 0 Å². The predicted molar refractivity (Wildman–Crippen MR) is 39.8 cm³/mol. The average molecular weight is 150 g/mol. The van der Waals surface area contributed by atoms with E-state index < -0.39 is 0 Å². The first-order chi connectivity index (χ1) is 5.36. The van der Waals surface area contributed by atoms with Crippen molar-refractivity contribution < 1.29 is 9.59 Å². The Bertz CT molecular complexity index is 220. The van der Waals surface area contributed by atoms with E-state index in [0.29, 0.717) is 5.92 Å². The molecule has 2 nitrogen and oxygen atoms in total. The van der Waals surface area contributed by atoms with E-state index >= 15 is 0 Å². The molecule has 0 aromatic rings. The van der Waals surface area contributed by atoms with Gasteiger partial charge in [0.2, 0.25) is 0 Å². The van der Waals surface area contributed by atoms with Gasteiger partial charge in [0.05, 0.1) is 0 Å². The Balaban J connectivity index is 2.23. The fraction of sp³-hybridized carbons (Fsp3) is 0.556. The summed E-state index contributed by atoms with van der Waals surface area (Å²) in [7, 11) is 0. The Morgan fingerprint density at radius 3 is 2.45 bits per heavy atom. The van der Waals surface area contributed by atoms with Crippen molar-refractivity contribution in [3.63, 3.8) is 0 Å². The zero-order valence-electron chi connectivity index (χ0n) is 6.14. The van der Waals surface area contributed by atoms with Crippen LogP contribution in [0.25, 0.3) is 0 Å². The maximum Gasteiger partial charge on any atom is 0.124 e. The van der Waals surface area contributed by atoms with Crippen LogP contribution in [0.4, 0.5) is 0 Å². The fourth-order valence-electron chi connectivity index (χ4n) is 2.29. The van der Waals surface area contributed by atoms with Crippen LogP contribution in [-0.2, 0) is 9.59 Å². The summed E-state index contributed by atoms with van der Waals surface area (Å²) in [5.41, 5.74) is 0. The quantitative estimate of drug-likeness (QED) is 0.431. The molecule has 2 rings (SSSR count). The largest absolute Gasteiger partial charge is 0.303 e. The van der Waals surface area contributed by atoms with Crippen LogP contribution in [-0.4, -0.2) is 12.6 Å². The van der Waals surface area contributed by atoms with Crippen LogP contribution >= 0.6 is 0 Å². The predicted octanol–water partition coefficient (Wildman–Crippen LogP) is 0.823. The van der Waals surface area contributed by atoms with E-state index in [1.165, 1.54) is 0 Å². The first-order valence-electron chi connectivity index (χ1n) is 3.95.